The zero-order chi connectivity index (χ0) is 95.6. The molecule has 0 amide bonds. The summed E-state index contributed by atoms with van der Waals surface area (Å²) in [6, 6.07) is 155. The molecule has 30 rings (SSSR count). The number of aromatic nitrogens is 9. The van der Waals surface area contributed by atoms with Crippen molar-refractivity contribution >= 4 is 161 Å². The molecule has 0 unspecified atom stereocenters. The number of pyridine rings is 1. The Hall–Kier alpha value is -18.3. The van der Waals surface area contributed by atoms with Crippen molar-refractivity contribution in [3.8, 4) is 124 Å². The number of rotatable bonds is 9. The predicted molar refractivity (Wildman–Crippen MR) is 599 cm³/mol. The molecule has 0 N–H and O–H groups in total. The number of furan rings is 1. The lowest BCUT2D eigenvalue weighted by molar-refractivity contribution is 0.661. The van der Waals surface area contributed by atoms with Gasteiger partial charge in [0.1, 0.15) is 11.2 Å². The van der Waals surface area contributed by atoms with E-state index >= 15 is 0 Å². The minimum atomic E-state index is -0.0502. The molecule has 6 aromatic heterocycles. The molecule has 2 aliphatic carbocycles. The Bertz CT molecular complexity index is 10200. The van der Waals surface area contributed by atoms with Crippen LogP contribution in [0.25, 0.3) is 274 Å². The smallest absolute Gasteiger partial charge is 0.165 e. The lowest BCUT2D eigenvalue weighted by Crippen LogP contribution is -2.14. The number of nitrogens with zero attached hydrogens (tertiary/aromatic N) is 9. The van der Waals surface area contributed by atoms with Crippen LogP contribution in [-0.2, 0) is 10.8 Å². The number of para-hydroxylation sites is 3. The molecule has 11 heteroatoms. The van der Waals surface area contributed by atoms with Crippen LogP contribution in [0.5, 0.6) is 0 Å². The van der Waals surface area contributed by atoms with Gasteiger partial charge in [-0.1, -0.05) is 367 Å². The summed E-state index contributed by atoms with van der Waals surface area (Å²) in [5.41, 5.74) is 26.0. The van der Waals surface area contributed by atoms with Gasteiger partial charge in [0.15, 0.2) is 34.9 Å². The minimum absolute atomic E-state index is 0.0338. The van der Waals surface area contributed by atoms with E-state index in [-0.39, 0.29) is 10.8 Å². The fourth-order valence-electron chi connectivity index (χ4n) is 22.7. The van der Waals surface area contributed by atoms with Crippen LogP contribution in [0.15, 0.2) is 447 Å². The van der Waals surface area contributed by atoms with Gasteiger partial charge in [0.2, 0.25) is 0 Å². The fraction of sp³-hybridized carbons (Fsp3) is 0.0451. The van der Waals surface area contributed by atoms with Crippen molar-refractivity contribution in [1.82, 2.24) is 44.9 Å². The Balaban J connectivity index is 0.000000106. The largest absolute Gasteiger partial charge is 0.455 e. The molecular weight excluding hydrogens is 1770 g/mol. The van der Waals surface area contributed by atoms with Gasteiger partial charge in [-0.15, -0.1) is 11.3 Å². The van der Waals surface area contributed by atoms with E-state index in [1.165, 1.54) is 151 Å². The van der Waals surface area contributed by atoms with E-state index in [0.717, 1.165) is 111 Å². The highest BCUT2D eigenvalue weighted by Gasteiger charge is 2.38. The first kappa shape index (κ1) is 83.8. The molecule has 28 aromatic rings. The highest BCUT2D eigenvalue weighted by Crippen LogP contribution is 2.55. The summed E-state index contributed by atoms with van der Waals surface area (Å²) >= 11 is 1.82. The Morgan fingerprint density at radius 2 is 0.618 bits per heavy atom. The molecule has 0 spiro atoms. The summed E-state index contributed by atoms with van der Waals surface area (Å²) in [6.45, 7) is 9.39. The van der Waals surface area contributed by atoms with Crippen molar-refractivity contribution in [1.29, 1.82) is 0 Å². The first-order valence-corrected chi connectivity index (χ1v) is 49.8. The summed E-state index contributed by atoms with van der Waals surface area (Å²) in [7, 11) is 0. The second-order valence-corrected chi connectivity index (χ2v) is 40.0. The van der Waals surface area contributed by atoms with Gasteiger partial charge in [-0.25, -0.2) is 39.9 Å². The average Bonchev–Trinajstić information content (AvgIpc) is 1.54. The van der Waals surface area contributed by atoms with E-state index in [9.17, 15) is 0 Å². The van der Waals surface area contributed by atoms with E-state index in [2.05, 4.69) is 331 Å². The van der Waals surface area contributed by atoms with Crippen molar-refractivity contribution in [3.05, 3.63) is 465 Å². The summed E-state index contributed by atoms with van der Waals surface area (Å²) in [4.78, 5) is 45.0. The number of hydrogen-bond donors (Lipinski definition) is 0. The Kier molecular flexibility index (Phi) is 19.3. The number of thiophene rings is 1. The molecular formula is C133H85N9OS. The van der Waals surface area contributed by atoms with Crippen molar-refractivity contribution in [2.45, 2.75) is 38.5 Å². The molecule has 10 nitrogen and oxygen atoms in total. The lowest BCUT2D eigenvalue weighted by atomic mass is 9.81. The van der Waals surface area contributed by atoms with Gasteiger partial charge in [0.25, 0.3) is 0 Å². The van der Waals surface area contributed by atoms with Crippen molar-refractivity contribution in [3.63, 3.8) is 0 Å². The van der Waals surface area contributed by atoms with E-state index < -0.39 is 0 Å². The van der Waals surface area contributed by atoms with Crippen LogP contribution < -0.4 is 0 Å². The maximum absolute atomic E-state index is 6.38. The second kappa shape index (κ2) is 33.2. The third-order valence-corrected chi connectivity index (χ3v) is 31.0. The Morgan fingerprint density at radius 1 is 0.215 bits per heavy atom. The van der Waals surface area contributed by atoms with E-state index in [0.29, 0.717) is 34.9 Å². The fourth-order valence-corrected chi connectivity index (χ4v) is 23.8. The van der Waals surface area contributed by atoms with Gasteiger partial charge in [0, 0.05) is 103 Å². The topological polar surface area (TPSA) is 129 Å². The minimum Gasteiger partial charge on any atom is -0.455 e. The van der Waals surface area contributed by atoms with E-state index in [1.54, 1.807) is 0 Å². The molecule has 6 heterocycles. The summed E-state index contributed by atoms with van der Waals surface area (Å²) in [5, 5.41) is 27.0. The van der Waals surface area contributed by atoms with Crippen molar-refractivity contribution < 1.29 is 4.42 Å². The number of hydrogen-bond acceptors (Lipinski definition) is 11. The standard InChI is InChI=1S/C48H31N3S.C47H32N4.C38H22N2O/c1-48(2)40-14-8-6-12-35(40)38-27-37-31(26-41(38)48)19-17-28-16-18-30-24-32(20-22-34(30)44(28)37)46-49-45(29-10-4-3-5-11-29)50-47(51-46)33-21-23-43-39(25-33)36-13-7-9-15-42(36)52-43;1-47(2)38-16-10-9-15-37(38)43-39(47)25-22-30-18-17-29-19-20-33-27-34(21-24-36(33)41(29)42(30)43)40-26-23-35(28-48-40)46-50-44(31-11-5-3-6-12-31)49-45(51-46)32-13-7-4-8-14-32;1-2-8-24(9-3-1)36-37(40-33-12-6-5-11-32(33)39-36)26-17-18-27-25(22-26)15-14-23-16-19-31-29(35(23)27)20-21-30-28-10-4-7-13-34(28)41-38(30)31/h3-27H,1-2H3;3-28H,1-2H3;1-22H. The van der Waals surface area contributed by atoms with Gasteiger partial charge in [-0.2, -0.15) is 0 Å². The van der Waals surface area contributed by atoms with Gasteiger partial charge >= 0.3 is 0 Å². The molecule has 2 aliphatic rings. The van der Waals surface area contributed by atoms with Crippen LogP contribution in [0.4, 0.5) is 0 Å². The highest BCUT2D eigenvalue weighted by atomic mass is 32.1. The van der Waals surface area contributed by atoms with E-state index in [1.807, 2.05) is 151 Å². The SMILES string of the molecule is CC1(C)c2ccccc2-c2c1ccc1ccc3ccc4cc(-c5ccc(-c6nc(-c7ccccc7)nc(-c7ccccc7)n6)cn5)ccc4c3c21.CC1(C)c2ccccc2-c2cc3c(ccc4ccc5cc(-c6nc(-c7ccccc7)nc(-c7ccc8sc9ccccc9c8c7)n6)ccc5c43)cc21.c1ccc(-c2nc3ccccc3nc2-c2ccc3c(ccc4ccc5c(ccc6c7ccccc7oc65)c43)c2)cc1. The molecule has 144 heavy (non-hydrogen) atoms. The zero-order valence-corrected chi connectivity index (χ0v) is 79.8. The van der Waals surface area contributed by atoms with Crippen LogP contribution in [0, 0.1) is 0 Å². The predicted octanol–water partition coefficient (Wildman–Crippen LogP) is 35.0. The van der Waals surface area contributed by atoms with Crippen molar-refractivity contribution in [2.24, 2.45) is 0 Å². The van der Waals surface area contributed by atoms with Crippen molar-refractivity contribution in [2.75, 3.05) is 0 Å². The van der Waals surface area contributed by atoms with Crippen LogP contribution in [0.1, 0.15) is 49.9 Å². The van der Waals surface area contributed by atoms with Crippen LogP contribution in [-0.4, -0.2) is 44.9 Å². The number of benzene rings is 22. The van der Waals surface area contributed by atoms with Gasteiger partial charge in [-0.3, -0.25) is 4.98 Å². The first-order valence-electron chi connectivity index (χ1n) is 49.0. The normalized spacial score (nSPS) is 12.8. The summed E-state index contributed by atoms with van der Waals surface area (Å²) in [6.07, 6.45) is 1.87. The Labute approximate surface area is 832 Å². The molecule has 674 valence electrons. The zero-order valence-electron chi connectivity index (χ0n) is 79.0. The molecule has 0 bridgehead atoms. The van der Waals surface area contributed by atoms with Crippen LogP contribution >= 0.6 is 11.3 Å². The molecule has 0 saturated heterocycles. The van der Waals surface area contributed by atoms with Gasteiger partial charge in [0.05, 0.1) is 28.1 Å². The molecule has 0 aliphatic heterocycles. The molecule has 0 radical (unpaired) electrons. The third kappa shape index (κ3) is 13.9. The number of fused-ring (bicyclic) bond motifs is 30. The quantitative estimate of drug-likeness (QED) is 0.129. The van der Waals surface area contributed by atoms with Gasteiger partial charge < -0.3 is 4.42 Å². The molecule has 22 aromatic carbocycles. The maximum Gasteiger partial charge on any atom is 0.165 e. The highest BCUT2D eigenvalue weighted by molar-refractivity contribution is 7.25. The van der Waals surface area contributed by atoms with Crippen LogP contribution in [0.3, 0.4) is 0 Å². The van der Waals surface area contributed by atoms with E-state index in [4.69, 9.17) is 49.3 Å². The van der Waals surface area contributed by atoms with Gasteiger partial charge in [-0.05, 0) is 233 Å². The Morgan fingerprint density at radius 3 is 1.24 bits per heavy atom. The summed E-state index contributed by atoms with van der Waals surface area (Å²) < 4.78 is 8.92. The summed E-state index contributed by atoms with van der Waals surface area (Å²) in [5.74, 6) is 3.86. The molecule has 0 saturated carbocycles. The lowest BCUT2D eigenvalue weighted by Gasteiger charge is -2.22. The van der Waals surface area contributed by atoms with Crippen LogP contribution in [0.2, 0.25) is 0 Å². The first-order chi connectivity index (χ1) is 70.8. The molecule has 0 atom stereocenters. The average molecular weight is 1860 g/mol. The second-order valence-electron chi connectivity index (χ2n) is 38.9. The molecule has 0 fully saturated rings. The monoisotopic (exact) mass is 1860 g/mol. The third-order valence-electron chi connectivity index (χ3n) is 29.8. The maximum atomic E-state index is 6.38.